The van der Waals surface area contributed by atoms with Crippen LogP contribution in [0.15, 0.2) is 30.3 Å². The lowest BCUT2D eigenvalue weighted by molar-refractivity contribution is -0.124. The highest BCUT2D eigenvalue weighted by atomic mass is 16.3. The van der Waals surface area contributed by atoms with E-state index in [1.54, 1.807) is 0 Å². The minimum atomic E-state index is -0.0917. The molecular formula is C21H33NO2. The topological polar surface area (TPSA) is 49.3 Å². The molecule has 2 rings (SSSR count). The fourth-order valence-corrected chi connectivity index (χ4v) is 4.07. The zero-order valence-electron chi connectivity index (χ0n) is 15.3. The summed E-state index contributed by atoms with van der Waals surface area (Å²) in [5, 5.41) is 12.7. The van der Waals surface area contributed by atoms with Crippen molar-refractivity contribution in [1.82, 2.24) is 5.32 Å². The molecule has 3 nitrogen and oxygen atoms in total. The smallest absolute Gasteiger partial charge is 0.227 e. The number of rotatable bonds is 8. The van der Waals surface area contributed by atoms with Crippen LogP contribution in [0.3, 0.4) is 0 Å². The molecule has 1 aromatic rings. The van der Waals surface area contributed by atoms with Crippen molar-refractivity contribution in [1.29, 1.82) is 0 Å². The Morgan fingerprint density at radius 1 is 1.21 bits per heavy atom. The first-order valence-electron chi connectivity index (χ1n) is 9.55. The molecule has 1 amide bonds. The molecule has 0 radical (unpaired) electrons. The Balaban J connectivity index is 2.07. The molecule has 2 atom stereocenters. The molecule has 2 N–H and O–H groups in total. The largest absolute Gasteiger partial charge is 0.396 e. The van der Waals surface area contributed by atoms with E-state index in [1.807, 2.05) is 18.2 Å². The Morgan fingerprint density at radius 2 is 1.88 bits per heavy atom. The number of hydrogen-bond donors (Lipinski definition) is 2. The Morgan fingerprint density at radius 3 is 2.46 bits per heavy atom. The number of aliphatic hydroxyl groups is 1. The van der Waals surface area contributed by atoms with Crippen molar-refractivity contribution >= 4 is 5.91 Å². The van der Waals surface area contributed by atoms with Crippen LogP contribution in [-0.4, -0.2) is 24.2 Å². The van der Waals surface area contributed by atoms with Gasteiger partial charge in [0.15, 0.2) is 0 Å². The third-order valence-corrected chi connectivity index (χ3v) is 5.85. The van der Waals surface area contributed by atoms with Gasteiger partial charge in [0.1, 0.15) is 0 Å². The van der Waals surface area contributed by atoms with E-state index in [2.05, 4.69) is 31.3 Å². The van der Waals surface area contributed by atoms with Crippen molar-refractivity contribution in [2.75, 3.05) is 13.2 Å². The minimum absolute atomic E-state index is 0.0917. The van der Waals surface area contributed by atoms with E-state index >= 15 is 0 Å². The summed E-state index contributed by atoms with van der Waals surface area (Å²) in [6, 6.07) is 10.1. The van der Waals surface area contributed by atoms with Gasteiger partial charge in [-0.25, -0.2) is 0 Å². The molecule has 0 spiro atoms. The second-order valence-corrected chi connectivity index (χ2v) is 7.53. The van der Waals surface area contributed by atoms with Gasteiger partial charge in [0.2, 0.25) is 5.91 Å². The highest BCUT2D eigenvalue weighted by molar-refractivity contribution is 5.84. The molecule has 1 aliphatic carbocycles. The van der Waals surface area contributed by atoms with E-state index in [4.69, 9.17) is 0 Å². The van der Waals surface area contributed by atoms with Crippen molar-refractivity contribution < 1.29 is 9.90 Å². The molecule has 1 aliphatic rings. The van der Waals surface area contributed by atoms with Crippen LogP contribution in [0.4, 0.5) is 0 Å². The molecular weight excluding hydrogens is 298 g/mol. The van der Waals surface area contributed by atoms with E-state index in [0.717, 1.165) is 31.2 Å². The SMILES string of the molecule is CC[C@@H](C)[C@@H](C(=O)NCC1(CCO)CCCCC1)c1ccccc1. The summed E-state index contributed by atoms with van der Waals surface area (Å²) in [6.45, 7) is 5.21. The maximum absolute atomic E-state index is 13.0. The zero-order valence-corrected chi connectivity index (χ0v) is 15.3. The van der Waals surface area contributed by atoms with Gasteiger partial charge in [-0.1, -0.05) is 69.9 Å². The van der Waals surface area contributed by atoms with E-state index in [-0.39, 0.29) is 23.8 Å². The molecule has 1 aromatic carbocycles. The first kappa shape index (κ1) is 19.0. The summed E-state index contributed by atoms with van der Waals surface area (Å²) in [5.41, 5.74) is 1.20. The second kappa shape index (κ2) is 9.22. The van der Waals surface area contributed by atoms with E-state index in [9.17, 15) is 9.90 Å². The maximum atomic E-state index is 13.0. The molecule has 0 aromatic heterocycles. The average molecular weight is 331 g/mol. The number of benzene rings is 1. The molecule has 1 saturated carbocycles. The Hall–Kier alpha value is -1.35. The lowest BCUT2D eigenvalue weighted by atomic mass is 9.71. The van der Waals surface area contributed by atoms with Crippen LogP contribution in [0.25, 0.3) is 0 Å². The maximum Gasteiger partial charge on any atom is 0.227 e. The number of carbonyl (C=O) groups excluding carboxylic acids is 1. The third-order valence-electron chi connectivity index (χ3n) is 5.85. The molecule has 1 fully saturated rings. The lowest BCUT2D eigenvalue weighted by Crippen LogP contribution is -2.42. The summed E-state index contributed by atoms with van der Waals surface area (Å²) < 4.78 is 0. The highest BCUT2D eigenvalue weighted by Crippen LogP contribution is 2.39. The van der Waals surface area contributed by atoms with E-state index in [1.165, 1.54) is 19.3 Å². The molecule has 24 heavy (non-hydrogen) atoms. The van der Waals surface area contributed by atoms with Crippen LogP contribution in [0.2, 0.25) is 0 Å². The van der Waals surface area contributed by atoms with Crippen molar-refractivity contribution in [3.05, 3.63) is 35.9 Å². The van der Waals surface area contributed by atoms with Gasteiger partial charge < -0.3 is 10.4 Å². The van der Waals surface area contributed by atoms with Crippen LogP contribution in [0.5, 0.6) is 0 Å². The van der Waals surface area contributed by atoms with E-state index in [0.29, 0.717) is 12.5 Å². The first-order valence-corrected chi connectivity index (χ1v) is 9.55. The van der Waals surface area contributed by atoms with Gasteiger partial charge in [-0.05, 0) is 36.2 Å². The summed E-state index contributed by atoms with van der Waals surface area (Å²) in [6.07, 6.45) is 7.72. The summed E-state index contributed by atoms with van der Waals surface area (Å²) in [5.74, 6) is 0.358. The zero-order chi connectivity index (χ0) is 17.4. The van der Waals surface area contributed by atoms with Crippen molar-refractivity contribution in [3.63, 3.8) is 0 Å². The molecule has 0 saturated heterocycles. The summed E-state index contributed by atoms with van der Waals surface area (Å²) in [4.78, 5) is 13.0. The predicted molar refractivity (Wildman–Crippen MR) is 98.9 cm³/mol. The van der Waals surface area contributed by atoms with Gasteiger partial charge in [0, 0.05) is 13.2 Å². The van der Waals surface area contributed by atoms with Gasteiger partial charge in [0.05, 0.1) is 5.92 Å². The van der Waals surface area contributed by atoms with Crippen molar-refractivity contribution in [2.45, 2.75) is 64.7 Å². The Labute approximate surface area is 146 Å². The lowest BCUT2D eigenvalue weighted by Gasteiger charge is -2.37. The first-order chi connectivity index (χ1) is 11.6. The minimum Gasteiger partial charge on any atom is -0.396 e. The Bertz CT molecular complexity index is 488. The molecule has 0 aliphatic heterocycles. The monoisotopic (exact) mass is 331 g/mol. The van der Waals surface area contributed by atoms with Crippen LogP contribution < -0.4 is 5.32 Å². The normalized spacial score (nSPS) is 19.5. The van der Waals surface area contributed by atoms with Gasteiger partial charge in [-0.2, -0.15) is 0 Å². The summed E-state index contributed by atoms with van der Waals surface area (Å²) >= 11 is 0. The summed E-state index contributed by atoms with van der Waals surface area (Å²) in [7, 11) is 0. The number of nitrogens with one attached hydrogen (secondary N) is 1. The van der Waals surface area contributed by atoms with Crippen LogP contribution in [0.1, 0.15) is 70.3 Å². The molecule has 3 heteroatoms. The number of aliphatic hydroxyl groups excluding tert-OH is 1. The molecule has 0 unspecified atom stereocenters. The number of amides is 1. The molecule has 134 valence electrons. The van der Waals surface area contributed by atoms with Gasteiger partial charge in [-0.15, -0.1) is 0 Å². The molecule has 0 heterocycles. The number of hydrogen-bond acceptors (Lipinski definition) is 2. The van der Waals surface area contributed by atoms with Crippen molar-refractivity contribution in [3.8, 4) is 0 Å². The van der Waals surface area contributed by atoms with Crippen LogP contribution >= 0.6 is 0 Å². The fourth-order valence-electron chi connectivity index (χ4n) is 4.07. The van der Waals surface area contributed by atoms with Gasteiger partial charge in [-0.3, -0.25) is 4.79 Å². The Kier molecular flexibility index (Phi) is 7.29. The molecule has 0 bridgehead atoms. The van der Waals surface area contributed by atoms with Crippen LogP contribution in [-0.2, 0) is 4.79 Å². The number of carbonyl (C=O) groups is 1. The van der Waals surface area contributed by atoms with Gasteiger partial charge >= 0.3 is 0 Å². The predicted octanol–water partition coefficient (Wildman–Crippen LogP) is 4.27. The third kappa shape index (κ3) is 4.83. The van der Waals surface area contributed by atoms with E-state index < -0.39 is 0 Å². The average Bonchev–Trinajstić information content (AvgIpc) is 2.62. The standard InChI is InChI=1S/C21H33NO2/c1-3-17(2)19(18-10-6-4-7-11-18)20(24)22-16-21(14-15-23)12-8-5-9-13-21/h4,6-7,10-11,17,19,23H,3,5,8-9,12-16H2,1-2H3,(H,22,24)/t17-,19-/m1/s1. The highest BCUT2D eigenvalue weighted by Gasteiger charge is 2.33. The van der Waals surface area contributed by atoms with Gasteiger partial charge in [0.25, 0.3) is 0 Å². The van der Waals surface area contributed by atoms with Crippen molar-refractivity contribution in [2.24, 2.45) is 11.3 Å². The second-order valence-electron chi connectivity index (χ2n) is 7.53. The fraction of sp³-hybridized carbons (Fsp3) is 0.667. The quantitative estimate of drug-likeness (QED) is 0.747. The van der Waals surface area contributed by atoms with Crippen LogP contribution in [0, 0.1) is 11.3 Å².